The number of carbonyl (C=O) groups is 2. The highest BCUT2D eigenvalue weighted by Crippen LogP contribution is 2.28. The molecule has 5 nitrogen and oxygen atoms in total. The number of halogens is 1. The molecule has 6 heteroatoms. The van der Waals surface area contributed by atoms with Crippen molar-refractivity contribution in [3.8, 4) is 0 Å². The molecule has 0 fully saturated rings. The summed E-state index contributed by atoms with van der Waals surface area (Å²) in [6.45, 7) is 3.78. The van der Waals surface area contributed by atoms with Gasteiger partial charge in [-0.05, 0) is 37.6 Å². The van der Waals surface area contributed by atoms with Gasteiger partial charge in [0, 0.05) is 23.7 Å². The molecule has 2 N–H and O–H groups in total. The van der Waals surface area contributed by atoms with Crippen LogP contribution in [-0.2, 0) is 0 Å². The second-order valence-electron chi connectivity index (χ2n) is 5.74. The van der Waals surface area contributed by atoms with Crippen molar-refractivity contribution in [2.45, 2.75) is 13.8 Å². The number of fused-ring (bicyclic) bond motifs is 1. The van der Waals surface area contributed by atoms with Gasteiger partial charge < -0.3 is 15.1 Å². The van der Waals surface area contributed by atoms with Crippen molar-refractivity contribution >= 4 is 40.1 Å². The smallest absolute Gasteiger partial charge is 0.291 e. The first-order valence-corrected chi connectivity index (χ1v) is 8.12. The first-order chi connectivity index (χ1) is 11.9. The summed E-state index contributed by atoms with van der Waals surface area (Å²) in [5.41, 5.74) is 3.20. The minimum Gasteiger partial charge on any atom is -0.450 e. The molecule has 25 heavy (non-hydrogen) atoms. The van der Waals surface area contributed by atoms with E-state index in [0.717, 1.165) is 16.5 Å². The monoisotopic (exact) mass is 356 g/mol. The number of rotatable bonds is 3. The fourth-order valence-corrected chi connectivity index (χ4v) is 2.90. The third-order valence-corrected chi connectivity index (χ3v) is 4.39. The average molecular weight is 357 g/mol. The van der Waals surface area contributed by atoms with Gasteiger partial charge in [-0.15, -0.1) is 0 Å². The van der Waals surface area contributed by atoms with Crippen LogP contribution in [0.4, 0.5) is 5.69 Å². The van der Waals surface area contributed by atoms with Crippen molar-refractivity contribution in [1.82, 2.24) is 5.32 Å². The van der Waals surface area contributed by atoms with E-state index in [1.165, 1.54) is 13.1 Å². The van der Waals surface area contributed by atoms with Crippen LogP contribution in [0.5, 0.6) is 0 Å². The van der Waals surface area contributed by atoms with Crippen molar-refractivity contribution < 1.29 is 14.0 Å². The molecule has 0 aliphatic heterocycles. The van der Waals surface area contributed by atoms with E-state index in [1.807, 2.05) is 32.0 Å². The van der Waals surface area contributed by atoms with Gasteiger partial charge in [-0.1, -0.05) is 29.8 Å². The van der Waals surface area contributed by atoms with E-state index in [1.54, 1.807) is 12.1 Å². The topological polar surface area (TPSA) is 71.3 Å². The minimum atomic E-state index is -0.377. The molecule has 0 radical (unpaired) electrons. The number of para-hydroxylation sites is 1. The van der Waals surface area contributed by atoms with Crippen molar-refractivity contribution in [2.75, 3.05) is 12.4 Å². The highest BCUT2D eigenvalue weighted by molar-refractivity contribution is 6.34. The van der Waals surface area contributed by atoms with E-state index in [4.69, 9.17) is 16.0 Å². The summed E-state index contributed by atoms with van der Waals surface area (Å²) >= 11 is 6.03. The highest BCUT2D eigenvalue weighted by Gasteiger charge is 2.19. The summed E-state index contributed by atoms with van der Waals surface area (Å²) in [6.07, 6.45) is 0. The van der Waals surface area contributed by atoms with E-state index >= 15 is 0 Å². The second kappa shape index (κ2) is 6.61. The Morgan fingerprint density at radius 3 is 2.52 bits per heavy atom. The van der Waals surface area contributed by atoms with Gasteiger partial charge in [0.05, 0.1) is 10.6 Å². The van der Waals surface area contributed by atoms with E-state index < -0.39 is 0 Å². The van der Waals surface area contributed by atoms with Crippen LogP contribution >= 0.6 is 11.6 Å². The van der Waals surface area contributed by atoms with Crippen LogP contribution in [0.15, 0.2) is 40.8 Å². The maximum absolute atomic E-state index is 12.6. The summed E-state index contributed by atoms with van der Waals surface area (Å²) in [5.74, 6) is -0.448. The van der Waals surface area contributed by atoms with Gasteiger partial charge >= 0.3 is 0 Å². The van der Waals surface area contributed by atoms with Crippen LogP contribution in [-0.4, -0.2) is 18.9 Å². The Morgan fingerprint density at radius 1 is 1.08 bits per heavy atom. The fourth-order valence-electron chi connectivity index (χ4n) is 2.70. The number of furan rings is 1. The summed E-state index contributed by atoms with van der Waals surface area (Å²) in [4.78, 5) is 24.4. The molecule has 0 spiro atoms. The third kappa shape index (κ3) is 3.10. The van der Waals surface area contributed by atoms with Gasteiger partial charge in [-0.25, -0.2) is 0 Å². The standard InChI is InChI=1S/C19H17ClN2O3/c1-10-5-4-6-13-11(2)17(25-16(10)13)19(24)22-12-7-8-15(20)14(9-12)18(23)21-3/h4-9H,1-3H3,(H,21,23)(H,22,24). The molecule has 2 amide bonds. The number of hydrogen-bond donors (Lipinski definition) is 2. The Labute approximate surface area is 150 Å². The quantitative estimate of drug-likeness (QED) is 0.734. The normalized spacial score (nSPS) is 10.7. The van der Waals surface area contributed by atoms with Crippen molar-refractivity contribution in [3.05, 3.63) is 63.9 Å². The van der Waals surface area contributed by atoms with Gasteiger partial charge in [0.15, 0.2) is 5.76 Å². The zero-order chi connectivity index (χ0) is 18.1. The Balaban J connectivity index is 1.94. The first kappa shape index (κ1) is 17.0. The van der Waals surface area contributed by atoms with Gasteiger partial charge in [-0.3, -0.25) is 9.59 Å². The minimum absolute atomic E-state index is 0.251. The third-order valence-electron chi connectivity index (χ3n) is 4.06. The molecule has 1 heterocycles. The predicted molar refractivity (Wildman–Crippen MR) is 98.5 cm³/mol. The molecule has 0 bridgehead atoms. The maximum atomic E-state index is 12.6. The molecular formula is C19H17ClN2O3. The van der Waals surface area contributed by atoms with Crippen LogP contribution < -0.4 is 10.6 Å². The fraction of sp³-hybridized carbons (Fsp3) is 0.158. The molecule has 2 aromatic carbocycles. The molecule has 128 valence electrons. The summed E-state index contributed by atoms with van der Waals surface area (Å²) in [6, 6.07) is 10.5. The lowest BCUT2D eigenvalue weighted by Gasteiger charge is -2.08. The van der Waals surface area contributed by atoms with E-state index in [0.29, 0.717) is 21.9 Å². The summed E-state index contributed by atoms with van der Waals surface area (Å²) in [7, 11) is 1.52. The SMILES string of the molecule is CNC(=O)c1cc(NC(=O)c2oc3c(C)cccc3c2C)ccc1Cl. The molecular weight excluding hydrogens is 340 g/mol. The zero-order valence-corrected chi connectivity index (χ0v) is 14.8. The van der Waals surface area contributed by atoms with E-state index in [-0.39, 0.29) is 17.6 Å². The molecule has 0 atom stereocenters. The molecule has 0 unspecified atom stereocenters. The van der Waals surface area contributed by atoms with Crippen LogP contribution in [0.2, 0.25) is 5.02 Å². The number of hydrogen-bond acceptors (Lipinski definition) is 3. The summed E-state index contributed by atoms with van der Waals surface area (Å²) in [5, 5.41) is 6.49. The Bertz CT molecular complexity index is 992. The molecule has 3 rings (SSSR count). The molecule has 0 aliphatic rings. The second-order valence-corrected chi connectivity index (χ2v) is 6.14. The number of aryl methyl sites for hydroxylation is 2. The average Bonchev–Trinajstić information content (AvgIpc) is 2.94. The molecule has 3 aromatic rings. The Morgan fingerprint density at radius 2 is 1.84 bits per heavy atom. The van der Waals surface area contributed by atoms with Gasteiger partial charge in [-0.2, -0.15) is 0 Å². The number of anilines is 1. The van der Waals surface area contributed by atoms with Gasteiger partial charge in [0.25, 0.3) is 11.8 Å². The van der Waals surface area contributed by atoms with Crippen LogP contribution in [0.1, 0.15) is 32.0 Å². The molecule has 0 aliphatic carbocycles. The molecule has 1 aromatic heterocycles. The number of carbonyl (C=O) groups excluding carboxylic acids is 2. The summed E-state index contributed by atoms with van der Waals surface area (Å²) < 4.78 is 5.77. The van der Waals surface area contributed by atoms with Gasteiger partial charge in [0.1, 0.15) is 5.58 Å². The predicted octanol–water partition coefficient (Wildman–Crippen LogP) is 4.31. The maximum Gasteiger partial charge on any atom is 0.291 e. The lowest BCUT2D eigenvalue weighted by atomic mass is 10.1. The van der Waals surface area contributed by atoms with Crippen molar-refractivity contribution in [2.24, 2.45) is 0 Å². The van der Waals surface area contributed by atoms with Crippen LogP contribution in [0.3, 0.4) is 0 Å². The number of nitrogens with one attached hydrogen (secondary N) is 2. The van der Waals surface area contributed by atoms with Gasteiger partial charge in [0.2, 0.25) is 0 Å². The number of amides is 2. The Kier molecular flexibility index (Phi) is 4.51. The lowest BCUT2D eigenvalue weighted by molar-refractivity contribution is 0.0960. The Hall–Kier alpha value is -2.79. The zero-order valence-electron chi connectivity index (χ0n) is 14.1. The van der Waals surface area contributed by atoms with Crippen LogP contribution in [0.25, 0.3) is 11.0 Å². The molecule has 0 saturated carbocycles. The van der Waals surface area contributed by atoms with Crippen molar-refractivity contribution in [3.63, 3.8) is 0 Å². The first-order valence-electron chi connectivity index (χ1n) is 7.74. The number of benzene rings is 2. The highest BCUT2D eigenvalue weighted by atomic mass is 35.5. The van der Waals surface area contributed by atoms with Crippen molar-refractivity contribution in [1.29, 1.82) is 0 Å². The largest absolute Gasteiger partial charge is 0.450 e. The van der Waals surface area contributed by atoms with Crippen LogP contribution in [0, 0.1) is 13.8 Å². The van der Waals surface area contributed by atoms with E-state index in [2.05, 4.69) is 10.6 Å². The lowest BCUT2D eigenvalue weighted by Crippen LogP contribution is -2.19. The van der Waals surface area contributed by atoms with E-state index in [9.17, 15) is 9.59 Å². The molecule has 0 saturated heterocycles.